The molecule has 20 heavy (non-hydrogen) atoms. The van der Waals surface area contributed by atoms with Crippen molar-refractivity contribution in [1.82, 2.24) is 21.3 Å². The lowest BCUT2D eigenvalue weighted by atomic mass is 10.2. The molecule has 0 heterocycles. The smallest absolute Gasteiger partial charge is 0.314 e. The number of carbonyl (C=O) groups is 2. The fraction of sp³-hybridized carbons (Fsp3) is 0.833. The van der Waals surface area contributed by atoms with Gasteiger partial charge in [-0.15, -0.1) is 23.2 Å². The summed E-state index contributed by atoms with van der Waals surface area (Å²) < 4.78 is 0. The van der Waals surface area contributed by atoms with Crippen LogP contribution in [0.2, 0.25) is 0 Å². The van der Waals surface area contributed by atoms with Crippen LogP contribution in [0.3, 0.4) is 0 Å². The fourth-order valence-electron chi connectivity index (χ4n) is 1.45. The van der Waals surface area contributed by atoms with Crippen molar-refractivity contribution in [2.24, 2.45) is 0 Å². The second-order valence-electron chi connectivity index (χ2n) is 4.16. The van der Waals surface area contributed by atoms with Gasteiger partial charge in [-0.1, -0.05) is 12.8 Å². The average molecular weight is 327 g/mol. The SMILES string of the molecule is O=C(NCCCl)NCCCCCCNC(=O)NCCCl. The Kier molecular flexibility index (Phi) is 13.9. The number of unbranched alkanes of at least 4 members (excludes halogenated alkanes) is 3. The quantitative estimate of drug-likeness (QED) is 0.344. The van der Waals surface area contributed by atoms with Gasteiger partial charge in [0.2, 0.25) is 0 Å². The van der Waals surface area contributed by atoms with Crippen LogP contribution in [0.4, 0.5) is 9.59 Å². The lowest BCUT2D eigenvalue weighted by molar-refractivity contribution is 0.240. The minimum absolute atomic E-state index is 0.178. The average Bonchev–Trinajstić information content (AvgIpc) is 2.45. The first-order chi connectivity index (χ1) is 9.70. The van der Waals surface area contributed by atoms with E-state index in [-0.39, 0.29) is 12.1 Å². The second-order valence-corrected chi connectivity index (χ2v) is 4.91. The van der Waals surface area contributed by atoms with Crippen LogP contribution >= 0.6 is 23.2 Å². The number of hydrogen-bond donors (Lipinski definition) is 4. The van der Waals surface area contributed by atoms with Crippen molar-refractivity contribution >= 4 is 35.3 Å². The monoisotopic (exact) mass is 326 g/mol. The van der Waals surface area contributed by atoms with Crippen molar-refractivity contribution in [2.45, 2.75) is 25.7 Å². The summed E-state index contributed by atoms with van der Waals surface area (Å²) >= 11 is 10.9. The van der Waals surface area contributed by atoms with Crippen molar-refractivity contribution in [3.63, 3.8) is 0 Å². The van der Waals surface area contributed by atoms with E-state index in [1.807, 2.05) is 0 Å². The Morgan fingerprint density at radius 1 is 0.600 bits per heavy atom. The maximum atomic E-state index is 11.2. The summed E-state index contributed by atoms with van der Waals surface area (Å²) in [5.74, 6) is 0.831. The molecule has 118 valence electrons. The number of rotatable bonds is 11. The van der Waals surface area contributed by atoms with E-state index in [4.69, 9.17) is 23.2 Å². The summed E-state index contributed by atoms with van der Waals surface area (Å²) in [6.45, 7) is 2.26. The Hall–Kier alpha value is -0.880. The molecule has 4 N–H and O–H groups in total. The van der Waals surface area contributed by atoms with Crippen LogP contribution in [-0.4, -0.2) is 50.0 Å². The Morgan fingerprint density at radius 3 is 1.30 bits per heavy atom. The molecule has 0 saturated heterocycles. The molecule has 0 aliphatic heterocycles. The highest BCUT2D eigenvalue weighted by atomic mass is 35.5. The molecule has 0 aliphatic carbocycles. The minimum Gasteiger partial charge on any atom is -0.338 e. The van der Waals surface area contributed by atoms with Crippen LogP contribution in [-0.2, 0) is 0 Å². The van der Waals surface area contributed by atoms with E-state index in [0.29, 0.717) is 37.9 Å². The summed E-state index contributed by atoms with van der Waals surface area (Å²) in [5, 5.41) is 10.8. The van der Waals surface area contributed by atoms with Crippen molar-refractivity contribution in [1.29, 1.82) is 0 Å². The summed E-state index contributed by atoms with van der Waals surface area (Å²) in [5.41, 5.74) is 0. The first kappa shape index (κ1) is 19.1. The van der Waals surface area contributed by atoms with E-state index in [1.54, 1.807) is 0 Å². The van der Waals surface area contributed by atoms with Crippen LogP contribution in [0, 0.1) is 0 Å². The van der Waals surface area contributed by atoms with Gasteiger partial charge in [0.15, 0.2) is 0 Å². The topological polar surface area (TPSA) is 82.3 Å². The van der Waals surface area contributed by atoms with E-state index in [1.165, 1.54) is 0 Å². The molecular weight excluding hydrogens is 303 g/mol. The van der Waals surface area contributed by atoms with E-state index in [2.05, 4.69) is 21.3 Å². The highest BCUT2D eigenvalue weighted by Gasteiger charge is 1.99. The molecule has 0 fully saturated rings. The molecule has 0 bridgehead atoms. The number of alkyl halides is 2. The third-order valence-corrected chi connectivity index (χ3v) is 2.81. The van der Waals surface area contributed by atoms with E-state index < -0.39 is 0 Å². The van der Waals surface area contributed by atoms with Crippen LogP contribution < -0.4 is 21.3 Å². The minimum atomic E-state index is -0.178. The van der Waals surface area contributed by atoms with Gasteiger partial charge in [0.25, 0.3) is 0 Å². The van der Waals surface area contributed by atoms with Gasteiger partial charge in [0.05, 0.1) is 0 Å². The van der Waals surface area contributed by atoms with Crippen LogP contribution in [0.15, 0.2) is 0 Å². The zero-order valence-corrected chi connectivity index (χ0v) is 13.2. The van der Waals surface area contributed by atoms with E-state index >= 15 is 0 Å². The molecule has 6 nitrogen and oxygen atoms in total. The number of amides is 4. The number of halogens is 2. The van der Waals surface area contributed by atoms with Crippen molar-refractivity contribution in [3.8, 4) is 0 Å². The zero-order valence-electron chi connectivity index (χ0n) is 11.6. The van der Waals surface area contributed by atoms with Crippen molar-refractivity contribution < 1.29 is 9.59 Å². The molecule has 0 aromatic heterocycles. The number of hydrogen-bond acceptors (Lipinski definition) is 2. The summed E-state index contributed by atoms with van der Waals surface area (Å²) in [4.78, 5) is 22.3. The molecule has 0 atom stereocenters. The van der Waals surface area contributed by atoms with Crippen LogP contribution in [0.1, 0.15) is 25.7 Å². The fourth-order valence-corrected chi connectivity index (χ4v) is 1.64. The predicted molar refractivity (Wildman–Crippen MR) is 82.7 cm³/mol. The summed E-state index contributed by atoms with van der Waals surface area (Å²) in [6.07, 6.45) is 3.88. The highest BCUT2D eigenvalue weighted by molar-refractivity contribution is 6.18. The maximum Gasteiger partial charge on any atom is 0.314 e. The summed E-state index contributed by atoms with van der Waals surface area (Å²) in [6, 6.07) is -0.355. The molecule has 0 aromatic carbocycles. The van der Waals surface area contributed by atoms with Crippen molar-refractivity contribution in [3.05, 3.63) is 0 Å². The highest BCUT2D eigenvalue weighted by Crippen LogP contribution is 1.97. The van der Waals surface area contributed by atoms with Gasteiger partial charge >= 0.3 is 12.1 Å². The van der Waals surface area contributed by atoms with E-state index in [0.717, 1.165) is 25.7 Å². The zero-order chi connectivity index (χ0) is 15.1. The lowest BCUT2D eigenvalue weighted by Crippen LogP contribution is -2.37. The molecule has 0 saturated carbocycles. The number of nitrogens with one attached hydrogen (secondary N) is 4. The normalized spacial score (nSPS) is 9.90. The largest absolute Gasteiger partial charge is 0.338 e. The van der Waals surface area contributed by atoms with Crippen molar-refractivity contribution in [2.75, 3.05) is 37.9 Å². The second kappa shape index (κ2) is 14.5. The van der Waals surface area contributed by atoms with Crippen LogP contribution in [0.25, 0.3) is 0 Å². The third-order valence-electron chi connectivity index (χ3n) is 2.43. The van der Waals surface area contributed by atoms with Gasteiger partial charge in [-0.3, -0.25) is 0 Å². The molecule has 0 aromatic rings. The van der Waals surface area contributed by atoms with Gasteiger partial charge in [-0.25, -0.2) is 9.59 Å². The van der Waals surface area contributed by atoms with Gasteiger partial charge in [0, 0.05) is 37.9 Å². The van der Waals surface area contributed by atoms with Gasteiger partial charge < -0.3 is 21.3 Å². The number of urea groups is 2. The maximum absolute atomic E-state index is 11.2. The standard InChI is InChI=1S/C12H24Cl2N4O2/c13-5-9-17-11(19)15-7-3-1-2-4-8-16-12(20)18-10-6-14/h1-10H2,(H2,15,17,19)(H2,16,18,20). The molecule has 0 rings (SSSR count). The third kappa shape index (κ3) is 13.5. The predicted octanol–water partition coefficient (Wildman–Crippen LogP) is 1.62. The molecule has 8 heteroatoms. The Balaban J connectivity index is 3.20. The van der Waals surface area contributed by atoms with E-state index in [9.17, 15) is 9.59 Å². The van der Waals surface area contributed by atoms with Gasteiger partial charge in [-0.05, 0) is 12.8 Å². The summed E-state index contributed by atoms with van der Waals surface area (Å²) in [7, 11) is 0. The Bertz CT molecular complexity index is 242. The van der Waals surface area contributed by atoms with Gasteiger partial charge in [0.1, 0.15) is 0 Å². The molecular formula is C12H24Cl2N4O2. The number of carbonyl (C=O) groups excluding carboxylic acids is 2. The lowest BCUT2D eigenvalue weighted by Gasteiger charge is -2.07. The Labute approximate surface area is 130 Å². The molecule has 0 spiro atoms. The molecule has 0 unspecified atom stereocenters. The molecule has 0 aliphatic rings. The van der Waals surface area contributed by atoms with Crippen LogP contribution in [0.5, 0.6) is 0 Å². The molecule has 0 radical (unpaired) electrons. The first-order valence-corrected chi connectivity index (χ1v) is 7.93. The van der Waals surface area contributed by atoms with Gasteiger partial charge in [-0.2, -0.15) is 0 Å². The first-order valence-electron chi connectivity index (χ1n) is 6.86. The molecule has 4 amide bonds. The Morgan fingerprint density at radius 2 is 0.950 bits per heavy atom.